The Hall–Kier alpha value is -3.58. The standard InChI is InChI=1S/C25H26ClN5O2/c1-30(20-12-16-31(17-13-20)21-10-14-27-15-11-21)25(33)29-23-5-3-2-4-22(23)28-24(32)18-6-8-19(26)9-7-18/h2-11,14-15,20H,12-13,16-17H2,1H3,(H,28,32)(H,29,33). The molecule has 1 aliphatic rings. The van der Waals surface area contributed by atoms with Gasteiger partial charge in [-0.1, -0.05) is 23.7 Å². The van der Waals surface area contributed by atoms with Gasteiger partial charge in [0.25, 0.3) is 5.91 Å². The molecule has 170 valence electrons. The fourth-order valence-corrected chi connectivity index (χ4v) is 4.06. The molecule has 0 bridgehead atoms. The molecule has 1 saturated heterocycles. The van der Waals surface area contributed by atoms with Crippen LogP contribution in [-0.2, 0) is 0 Å². The van der Waals surface area contributed by atoms with Crippen LogP contribution in [0.2, 0.25) is 5.02 Å². The zero-order valence-corrected chi connectivity index (χ0v) is 19.1. The van der Waals surface area contributed by atoms with E-state index in [0.717, 1.165) is 31.6 Å². The number of para-hydroxylation sites is 2. The van der Waals surface area contributed by atoms with Gasteiger partial charge in [0.05, 0.1) is 11.4 Å². The average molecular weight is 464 g/mol. The number of piperidine rings is 1. The summed E-state index contributed by atoms with van der Waals surface area (Å²) in [5.74, 6) is -0.273. The van der Waals surface area contributed by atoms with Crippen LogP contribution in [0.4, 0.5) is 21.9 Å². The highest BCUT2D eigenvalue weighted by Crippen LogP contribution is 2.25. The number of urea groups is 1. The third-order valence-electron chi connectivity index (χ3n) is 5.88. The molecule has 4 rings (SSSR count). The summed E-state index contributed by atoms with van der Waals surface area (Å²) in [6, 6.07) is 17.8. The van der Waals surface area contributed by atoms with Gasteiger partial charge in [-0.2, -0.15) is 0 Å². The molecule has 0 spiro atoms. The fourth-order valence-electron chi connectivity index (χ4n) is 3.93. The molecular formula is C25H26ClN5O2. The highest BCUT2D eigenvalue weighted by Gasteiger charge is 2.26. The lowest BCUT2D eigenvalue weighted by molar-refractivity contribution is 0.102. The number of halogens is 1. The molecule has 0 radical (unpaired) electrons. The van der Waals surface area contributed by atoms with Crippen molar-refractivity contribution in [3.05, 3.63) is 83.6 Å². The SMILES string of the molecule is CN(C(=O)Nc1ccccc1NC(=O)c1ccc(Cl)cc1)C1CCN(c2ccncc2)CC1. The normalized spacial score (nSPS) is 13.9. The Morgan fingerprint density at radius 2 is 1.55 bits per heavy atom. The summed E-state index contributed by atoms with van der Waals surface area (Å²) in [5, 5.41) is 6.38. The Bertz CT molecular complexity index is 1100. The minimum absolute atomic E-state index is 0.138. The molecule has 33 heavy (non-hydrogen) atoms. The fraction of sp³-hybridized carbons (Fsp3) is 0.240. The minimum atomic E-state index is -0.273. The van der Waals surface area contributed by atoms with Gasteiger partial charge >= 0.3 is 6.03 Å². The minimum Gasteiger partial charge on any atom is -0.371 e. The lowest BCUT2D eigenvalue weighted by atomic mass is 10.0. The topological polar surface area (TPSA) is 77.6 Å². The molecule has 0 unspecified atom stereocenters. The molecule has 1 fully saturated rings. The van der Waals surface area contributed by atoms with Gasteiger partial charge in [0.1, 0.15) is 0 Å². The van der Waals surface area contributed by atoms with Crippen molar-refractivity contribution in [3.63, 3.8) is 0 Å². The maximum Gasteiger partial charge on any atom is 0.321 e. The van der Waals surface area contributed by atoms with E-state index in [1.807, 2.05) is 31.3 Å². The van der Waals surface area contributed by atoms with Gasteiger partial charge in [0.2, 0.25) is 0 Å². The molecule has 1 aromatic heterocycles. The molecule has 2 N–H and O–H groups in total. The predicted octanol–water partition coefficient (Wildman–Crippen LogP) is 5.12. The smallest absolute Gasteiger partial charge is 0.321 e. The second kappa shape index (κ2) is 10.4. The second-order valence-electron chi connectivity index (χ2n) is 7.97. The first kappa shape index (κ1) is 22.6. The summed E-state index contributed by atoms with van der Waals surface area (Å²) >= 11 is 5.90. The Labute approximate surface area is 198 Å². The molecule has 2 heterocycles. The van der Waals surface area contributed by atoms with Gasteiger partial charge in [0.15, 0.2) is 0 Å². The Kier molecular flexibility index (Phi) is 7.10. The van der Waals surface area contributed by atoms with E-state index in [0.29, 0.717) is 22.0 Å². The maximum atomic E-state index is 13.0. The van der Waals surface area contributed by atoms with Crippen LogP contribution in [0.5, 0.6) is 0 Å². The number of benzene rings is 2. The summed E-state index contributed by atoms with van der Waals surface area (Å²) in [6.07, 6.45) is 5.34. The summed E-state index contributed by atoms with van der Waals surface area (Å²) in [5.41, 5.74) is 2.72. The van der Waals surface area contributed by atoms with Gasteiger partial charge in [0, 0.05) is 54.8 Å². The average Bonchev–Trinajstić information content (AvgIpc) is 2.85. The molecule has 8 heteroatoms. The molecule has 3 amide bonds. The Balaban J connectivity index is 1.36. The number of nitrogens with one attached hydrogen (secondary N) is 2. The number of hydrogen-bond donors (Lipinski definition) is 2. The number of anilines is 3. The molecule has 1 aliphatic heterocycles. The van der Waals surface area contributed by atoms with Crippen LogP contribution in [0, 0.1) is 0 Å². The lowest BCUT2D eigenvalue weighted by Crippen LogP contribution is -2.47. The molecule has 0 atom stereocenters. The molecular weight excluding hydrogens is 438 g/mol. The van der Waals surface area contributed by atoms with Crippen molar-refractivity contribution >= 4 is 40.6 Å². The van der Waals surface area contributed by atoms with Crippen LogP contribution in [0.3, 0.4) is 0 Å². The van der Waals surface area contributed by atoms with Crippen LogP contribution in [0.15, 0.2) is 73.1 Å². The molecule has 2 aromatic carbocycles. The van der Waals surface area contributed by atoms with Crippen molar-refractivity contribution in [2.75, 3.05) is 35.7 Å². The quantitative estimate of drug-likeness (QED) is 0.550. The van der Waals surface area contributed by atoms with E-state index < -0.39 is 0 Å². The third kappa shape index (κ3) is 5.62. The summed E-state index contributed by atoms with van der Waals surface area (Å²) in [4.78, 5) is 33.7. The number of rotatable bonds is 5. The number of carbonyl (C=O) groups is 2. The summed E-state index contributed by atoms with van der Waals surface area (Å²) in [7, 11) is 1.82. The lowest BCUT2D eigenvalue weighted by Gasteiger charge is -2.37. The van der Waals surface area contributed by atoms with E-state index in [9.17, 15) is 9.59 Å². The van der Waals surface area contributed by atoms with Crippen molar-refractivity contribution < 1.29 is 9.59 Å². The van der Waals surface area contributed by atoms with Gasteiger partial charge in [-0.15, -0.1) is 0 Å². The Morgan fingerprint density at radius 3 is 2.18 bits per heavy atom. The number of pyridine rings is 1. The third-order valence-corrected chi connectivity index (χ3v) is 6.14. The first-order valence-electron chi connectivity index (χ1n) is 10.9. The van der Waals surface area contributed by atoms with E-state index in [2.05, 4.69) is 20.5 Å². The summed E-state index contributed by atoms with van der Waals surface area (Å²) < 4.78 is 0. The highest BCUT2D eigenvalue weighted by atomic mass is 35.5. The van der Waals surface area contributed by atoms with Crippen LogP contribution in [-0.4, -0.2) is 48.0 Å². The highest BCUT2D eigenvalue weighted by molar-refractivity contribution is 6.30. The number of nitrogens with zero attached hydrogens (tertiary/aromatic N) is 3. The maximum absolute atomic E-state index is 13.0. The van der Waals surface area contributed by atoms with Crippen LogP contribution < -0.4 is 15.5 Å². The van der Waals surface area contributed by atoms with Crippen LogP contribution in [0.25, 0.3) is 0 Å². The first-order chi connectivity index (χ1) is 16.0. The number of carbonyl (C=O) groups excluding carboxylic acids is 2. The van der Waals surface area contributed by atoms with E-state index in [1.165, 1.54) is 0 Å². The molecule has 3 aromatic rings. The molecule has 0 saturated carbocycles. The van der Waals surface area contributed by atoms with Crippen molar-refractivity contribution in [1.29, 1.82) is 0 Å². The van der Waals surface area contributed by atoms with E-state index in [1.54, 1.807) is 53.7 Å². The van der Waals surface area contributed by atoms with Crippen molar-refractivity contribution in [1.82, 2.24) is 9.88 Å². The summed E-state index contributed by atoms with van der Waals surface area (Å²) in [6.45, 7) is 1.75. The van der Waals surface area contributed by atoms with Gasteiger partial charge in [-0.25, -0.2) is 4.79 Å². The van der Waals surface area contributed by atoms with Gasteiger partial charge in [-0.05, 0) is 61.4 Å². The van der Waals surface area contributed by atoms with Crippen LogP contribution >= 0.6 is 11.6 Å². The van der Waals surface area contributed by atoms with E-state index in [-0.39, 0.29) is 18.0 Å². The number of amides is 3. The Morgan fingerprint density at radius 1 is 0.939 bits per heavy atom. The molecule has 7 nitrogen and oxygen atoms in total. The zero-order chi connectivity index (χ0) is 23.2. The largest absolute Gasteiger partial charge is 0.371 e. The van der Waals surface area contributed by atoms with Crippen molar-refractivity contribution in [3.8, 4) is 0 Å². The first-order valence-corrected chi connectivity index (χ1v) is 11.2. The number of hydrogen-bond acceptors (Lipinski definition) is 4. The van der Waals surface area contributed by atoms with Crippen molar-refractivity contribution in [2.24, 2.45) is 0 Å². The van der Waals surface area contributed by atoms with Gasteiger partial charge < -0.3 is 20.4 Å². The zero-order valence-electron chi connectivity index (χ0n) is 18.4. The van der Waals surface area contributed by atoms with Crippen molar-refractivity contribution in [2.45, 2.75) is 18.9 Å². The molecule has 0 aliphatic carbocycles. The van der Waals surface area contributed by atoms with E-state index in [4.69, 9.17) is 11.6 Å². The predicted molar refractivity (Wildman–Crippen MR) is 132 cm³/mol. The number of aromatic nitrogens is 1. The van der Waals surface area contributed by atoms with Gasteiger partial charge in [-0.3, -0.25) is 9.78 Å². The van der Waals surface area contributed by atoms with E-state index >= 15 is 0 Å². The van der Waals surface area contributed by atoms with Crippen LogP contribution in [0.1, 0.15) is 23.2 Å². The second-order valence-corrected chi connectivity index (χ2v) is 8.41. The monoisotopic (exact) mass is 463 g/mol.